The van der Waals surface area contributed by atoms with Crippen LogP contribution in [-0.4, -0.2) is 24.2 Å². The molecule has 4 N–H and O–H groups in total. The van der Waals surface area contributed by atoms with Crippen molar-refractivity contribution in [2.45, 2.75) is 0 Å². The second kappa shape index (κ2) is 18.5. The molecule has 0 fully saturated rings. The molecule has 5 heteroatoms. The van der Waals surface area contributed by atoms with Crippen molar-refractivity contribution in [3.8, 4) is 0 Å². The van der Waals surface area contributed by atoms with E-state index < -0.39 is 9.17 Å². The molecule has 0 heterocycles. The Bertz CT molecular complexity index is 41.0. The van der Waals surface area contributed by atoms with E-state index in [4.69, 9.17) is 14.1 Å². The number of hydrogen-bond acceptors (Lipinski definition) is 1. The fraction of sp³-hybridized carbons (Fsp3) is 0. The summed E-state index contributed by atoms with van der Waals surface area (Å²) in [7, 11) is -3.13. The third-order valence-corrected chi connectivity index (χ3v) is 0. The van der Waals surface area contributed by atoms with Crippen molar-refractivity contribution in [1.82, 2.24) is 0 Å². The SMILES string of the molecule is C=C.O.O=[Si](O)O. The van der Waals surface area contributed by atoms with Gasteiger partial charge in [-0.1, -0.05) is 0 Å². The van der Waals surface area contributed by atoms with E-state index in [1.165, 1.54) is 0 Å². The van der Waals surface area contributed by atoms with Gasteiger partial charge >= 0.3 is 9.17 Å². The maximum absolute atomic E-state index is 8.74. The first-order valence-electron chi connectivity index (χ1n) is 1.15. The van der Waals surface area contributed by atoms with Crippen molar-refractivity contribution >= 4 is 9.17 Å². The van der Waals surface area contributed by atoms with E-state index in [0.717, 1.165) is 0 Å². The van der Waals surface area contributed by atoms with E-state index in [1.807, 2.05) is 0 Å². The Labute approximate surface area is 42.9 Å². The fourth-order valence-corrected chi connectivity index (χ4v) is 0. The molecule has 0 aliphatic rings. The summed E-state index contributed by atoms with van der Waals surface area (Å²) in [6, 6.07) is 0. The topological polar surface area (TPSA) is 89.0 Å². The van der Waals surface area contributed by atoms with Crippen LogP contribution in [0.15, 0.2) is 13.2 Å². The molecule has 0 aliphatic carbocycles. The molecule has 0 saturated heterocycles. The molecule has 0 unspecified atom stereocenters. The van der Waals surface area contributed by atoms with Crippen molar-refractivity contribution in [2.24, 2.45) is 0 Å². The van der Waals surface area contributed by atoms with Gasteiger partial charge in [-0.3, -0.25) is 4.46 Å². The van der Waals surface area contributed by atoms with E-state index in [-0.39, 0.29) is 5.48 Å². The van der Waals surface area contributed by atoms with Gasteiger partial charge < -0.3 is 15.1 Å². The van der Waals surface area contributed by atoms with Gasteiger partial charge in [-0.2, -0.15) is 0 Å². The highest BCUT2D eigenvalue weighted by molar-refractivity contribution is 6.22. The van der Waals surface area contributed by atoms with E-state index in [2.05, 4.69) is 13.2 Å². The van der Waals surface area contributed by atoms with Gasteiger partial charge in [0.25, 0.3) is 0 Å². The Morgan fingerprint density at radius 2 is 1.29 bits per heavy atom. The molecular formula is C2H8O4Si. The van der Waals surface area contributed by atoms with Gasteiger partial charge in [0, 0.05) is 0 Å². The lowest BCUT2D eigenvalue weighted by Gasteiger charge is -1.55. The Morgan fingerprint density at radius 1 is 1.29 bits per heavy atom. The smallest absolute Gasteiger partial charge is 0.511 e. The number of hydrogen-bond donors (Lipinski definition) is 2. The molecule has 44 valence electrons. The molecule has 0 spiro atoms. The molecule has 0 atom stereocenters. The molecular weight excluding hydrogens is 116 g/mol. The highest BCUT2D eigenvalue weighted by Gasteiger charge is 1.85. The Kier molecular flexibility index (Phi) is 42.8. The minimum Gasteiger partial charge on any atom is -0.511 e. The first kappa shape index (κ1) is 16.2. The lowest BCUT2D eigenvalue weighted by atomic mass is 11.3. The maximum Gasteiger partial charge on any atom is 0.761 e. The third-order valence-electron chi connectivity index (χ3n) is 0. The maximum atomic E-state index is 8.74. The normalized spacial score (nSPS) is 4.00. The summed E-state index contributed by atoms with van der Waals surface area (Å²) >= 11 is 0. The average molecular weight is 124 g/mol. The monoisotopic (exact) mass is 124 g/mol. The first-order chi connectivity index (χ1) is 2.73. The van der Waals surface area contributed by atoms with Crippen molar-refractivity contribution in [3.63, 3.8) is 0 Å². The Hall–Kier alpha value is -0.683. The zero-order valence-corrected chi connectivity index (χ0v) is 4.72. The van der Waals surface area contributed by atoms with Crippen molar-refractivity contribution < 1.29 is 19.5 Å². The quantitative estimate of drug-likeness (QED) is 0.300. The van der Waals surface area contributed by atoms with Crippen LogP contribution in [0.2, 0.25) is 0 Å². The van der Waals surface area contributed by atoms with Gasteiger partial charge in [-0.05, 0) is 0 Å². The zero-order chi connectivity index (χ0) is 5.58. The Balaban J connectivity index is -0.0000000480. The molecule has 0 bridgehead atoms. The molecule has 0 aromatic carbocycles. The predicted octanol–water partition coefficient (Wildman–Crippen LogP) is -1.64. The molecule has 0 rings (SSSR count). The predicted molar refractivity (Wildman–Crippen MR) is 25.7 cm³/mol. The van der Waals surface area contributed by atoms with Crippen LogP contribution >= 0.6 is 0 Å². The number of rotatable bonds is 0. The molecule has 0 aromatic rings. The molecule has 0 amide bonds. The summed E-state index contributed by atoms with van der Waals surface area (Å²) < 4.78 is 8.74. The molecule has 0 aliphatic heterocycles. The van der Waals surface area contributed by atoms with Crippen LogP contribution in [0.4, 0.5) is 0 Å². The van der Waals surface area contributed by atoms with Gasteiger partial charge in [0.05, 0.1) is 0 Å². The summed E-state index contributed by atoms with van der Waals surface area (Å²) in [5, 5.41) is 0. The third kappa shape index (κ3) is 125. The van der Waals surface area contributed by atoms with Gasteiger partial charge in [0.2, 0.25) is 0 Å². The van der Waals surface area contributed by atoms with Crippen molar-refractivity contribution in [1.29, 1.82) is 0 Å². The van der Waals surface area contributed by atoms with Crippen LogP contribution in [0.5, 0.6) is 0 Å². The summed E-state index contributed by atoms with van der Waals surface area (Å²) in [6.45, 7) is 6.00. The minimum atomic E-state index is -3.13. The van der Waals surface area contributed by atoms with Gasteiger partial charge in [-0.15, -0.1) is 13.2 Å². The van der Waals surface area contributed by atoms with Crippen LogP contribution in [0.25, 0.3) is 0 Å². The van der Waals surface area contributed by atoms with E-state index in [9.17, 15) is 0 Å². The van der Waals surface area contributed by atoms with Crippen LogP contribution < -0.4 is 0 Å². The van der Waals surface area contributed by atoms with E-state index in [0.29, 0.717) is 0 Å². The molecule has 0 radical (unpaired) electrons. The standard InChI is InChI=1S/C2H4.H2O3Si.H2O/c1-2;1-4(2)3;/h1-2H2;1-2H;1H2. The van der Waals surface area contributed by atoms with Crippen LogP contribution in [0.1, 0.15) is 0 Å². The van der Waals surface area contributed by atoms with Gasteiger partial charge in [0.1, 0.15) is 0 Å². The lowest BCUT2D eigenvalue weighted by Crippen LogP contribution is -1.90. The zero-order valence-electron chi connectivity index (χ0n) is 3.72. The largest absolute Gasteiger partial charge is 0.761 e. The van der Waals surface area contributed by atoms with Crippen LogP contribution in [0, 0.1) is 0 Å². The highest BCUT2D eigenvalue weighted by Crippen LogP contribution is 1.27. The second-order valence-corrected chi connectivity index (χ2v) is 0.848. The highest BCUT2D eigenvalue weighted by atomic mass is 28.3. The second-order valence-electron chi connectivity index (χ2n) is 0.283. The molecule has 4 nitrogen and oxygen atoms in total. The minimum absolute atomic E-state index is 0. The van der Waals surface area contributed by atoms with E-state index in [1.54, 1.807) is 0 Å². The van der Waals surface area contributed by atoms with Crippen molar-refractivity contribution in [3.05, 3.63) is 13.2 Å². The Morgan fingerprint density at radius 3 is 1.29 bits per heavy atom. The fourth-order valence-electron chi connectivity index (χ4n) is 0. The summed E-state index contributed by atoms with van der Waals surface area (Å²) in [5.41, 5.74) is 0. The summed E-state index contributed by atoms with van der Waals surface area (Å²) in [6.07, 6.45) is 0. The van der Waals surface area contributed by atoms with E-state index >= 15 is 0 Å². The van der Waals surface area contributed by atoms with Crippen molar-refractivity contribution in [2.75, 3.05) is 0 Å². The molecule has 0 saturated carbocycles. The summed E-state index contributed by atoms with van der Waals surface area (Å²) in [5.74, 6) is 0. The molecule has 7 heavy (non-hydrogen) atoms. The van der Waals surface area contributed by atoms with Crippen LogP contribution in [0.3, 0.4) is 0 Å². The summed E-state index contributed by atoms with van der Waals surface area (Å²) in [4.78, 5) is 14.3. The van der Waals surface area contributed by atoms with Gasteiger partial charge in [-0.25, -0.2) is 0 Å². The first-order valence-corrected chi connectivity index (χ1v) is 2.45. The van der Waals surface area contributed by atoms with Gasteiger partial charge in [0.15, 0.2) is 0 Å². The molecule has 0 aromatic heterocycles. The average Bonchev–Trinajstić information content (AvgIpc) is 1.41. The lowest BCUT2D eigenvalue weighted by molar-refractivity contribution is 0.330. The van der Waals surface area contributed by atoms with Crippen LogP contribution in [-0.2, 0) is 4.46 Å².